The molecule has 2 N–H and O–H groups in total. The molecule has 2 nitrogen and oxygen atoms in total. The average molecular weight is 341 g/mol. The SMILES string of the molecule is Cc1ccc(Br)cc1NCC(O)c1ccc(Cl)cc1. The molecule has 0 aliphatic rings. The molecule has 1 atom stereocenters. The molecule has 0 saturated carbocycles. The topological polar surface area (TPSA) is 32.3 Å². The average Bonchev–Trinajstić information content (AvgIpc) is 2.40. The molecule has 0 radical (unpaired) electrons. The molecular formula is C15H15BrClNO. The van der Waals surface area contributed by atoms with Crippen LogP contribution in [0.4, 0.5) is 5.69 Å². The van der Waals surface area contributed by atoms with Crippen molar-refractivity contribution >= 4 is 33.2 Å². The second kappa shape index (κ2) is 6.42. The summed E-state index contributed by atoms with van der Waals surface area (Å²) >= 11 is 9.26. The van der Waals surface area contributed by atoms with Gasteiger partial charge in [0.1, 0.15) is 0 Å². The van der Waals surface area contributed by atoms with Crippen molar-refractivity contribution < 1.29 is 5.11 Å². The van der Waals surface area contributed by atoms with Gasteiger partial charge in [-0.25, -0.2) is 0 Å². The van der Waals surface area contributed by atoms with Crippen molar-refractivity contribution in [2.75, 3.05) is 11.9 Å². The first-order chi connectivity index (χ1) is 9.06. The van der Waals surface area contributed by atoms with Gasteiger partial charge in [0, 0.05) is 21.7 Å². The fourth-order valence-electron chi connectivity index (χ4n) is 1.79. The lowest BCUT2D eigenvalue weighted by Crippen LogP contribution is -2.12. The standard InChI is InChI=1S/C15H15BrClNO/c1-10-2-5-12(16)8-14(10)18-9-15(19)11-3-6-13(17)7-4-11/h2-8,15,18-19H,9H2,1H3. The van der Waals surface area contributed by atoms with Gasteiger partial charge in [-0.2, -0.15) is 0 Å². The number of rotatable bonds is 4. The summed E-state index contributed by atoms with van der Waals surface area (Å²) in [5.74, 6) is 0. The monoisotopic (exact) mass is 339 g/mol. The number of hydrogen-bond donors (Lipinski definition) is 2. The first-order valence-electron chi connectivity index (χ1n) is 6.00. The van der Waals surface area contributed by atoms with E-state index in [2.05, 4.69) is 21.2 Å². The normalized spacial score (nSPS) is 12.2. The lowest BCUT2D eigenvalue weighted by Gasteiger charge is -2.15. The first-order valence-corrected chi connectivity index (χ1v) is 7.17. The Bertz CT molecular complexity index is 557. The van der Waals surface area contributed by atoms with E-state index in [1.54, 1.807) is 12.1 Å². The van der Waals surface area contributed by atoms with Crippen LogP contribution in [-0.2, 0) is 0 Å². The van der Waals surface area contributed by atoms with E-state index in [0.29, 0.717) is 11.6 Å². The summed E-state index contributed by atoms with van der Waals surface area (Å²) in [5, 5.41) is 14.0. The number of halogens is 2. The van der Waals surface area contributed by atoms with Gasteiger partial charge in [0.25, 0.3) is 0 Å². The third-order valence-electron chi connectivity index (χ3n) is 2.94. The van der Waals surface area contributed by atoms with Gasteiger partial charge in [-0.15, -0.1) is 0 Å². The zero-order valence-electron chi connectivity index (χ0n) is 10.5. The number of aliphatic hydroxyl groups is 1. The Morgan fingerprint density at radius 3 is 2.58 bits per heavy atom. The minimum Gasteiger partial charge on any atom is -0.387 e. The van der Waals surface area contributed by atoms with Gasteiger partial charge in [-0.3, -0.25) is 0 Å². The smallest absolute Gasteiger partial charge is 0.0962 e. The second-order valence-electron chi connectivity index (χ2n) is 4.41. The quantitative estimate of drug-likeness (QED) is 0.855. The number of anilines is 1. The highest BCUT2D eigenvalue weighted by Gasteiger charge is 2.08. The van der Waals surface area contributed by atoms with E-state index in [1.807, 2.05) is 37.3 Å². The molecule has 0 spiro atoms. The lowest BCUT2D eigenvalue weighted by atomic mass is 10.1. The van der Waals surface area contributed by atoms with Crippen molar-refractivity contribution in [1.82, 2.24) is 0 Å². The summed E-state index contributed by atoms with van der Waals surface area (Å²) in [4.78, 5) is 0. The molecule has 0 saturated heterocycles. The highest BCUT2D eigenvalue weighted by Crippen LogP contribution is 2.22. The van der Waals surface area contributed by atoms with E-state index < -0.39 is 6.10 Å². The summed E-state index contributed by atoms with van der Waals surface area (Å²) in [6.07, 6.45) is -0.560. The van der Waals surface area contributed by atoms with Gasteiger partial charge in [0.15, 0.2) is 0 Å². The number of benzene rings is 2. The van der Waals surface area contributed by atoms with Gasteiger partial charge >= 0.3 is 0 Å². The van der Waals surface area contributed by atoms with Crippen molar-refractivity contribution in [3.63, 3.8) is 0 Å². The Morgan fingerprint density at radius 2 is 1.89 bits per heavy atom. The second-order valence-corrected chi connectivity index (χ2v) is 5.76. The van der Waals surface area contributed by atoms with Crippen LogP contribution in [0.1, 0.15) is 17.2 Å². The minimum absolute atomic E-state index is 0.457. The molecule has 0 aliphatic carbocycles. The minimum atomic E-state index is -0.560. The maximum Gasteiger partial charge on any atom is 0.0962 e. The third-order valence-corrected chi connectivity index (χ3v) is 3.69. The molecule has 4 heteroatoms. The lowest BCUT2D eigenvalue weighted by molar-refractivity contribution is 0.191. The number of hydrogen-bond acceptors (Lipinski definition) is 2. The number of aliphatic hydroxyl groups excluding tert-OH is 1. The van der Waals surface area contributed by atoms with E-state index in [9.17, 15) is 5.11 Å². The molecule has 0 aromatic heterocycles. The van der Waals surface area contributed by atoms with Crippen molar-refractivity contribution in [3.8, 4) is 0 Å². The molecule has 0 fully saturated rings. The maximum absolute atomic E-state index is 10.1. The van der Waals surface area contributed by atoms with E-state index in [0.717, 1.165) is 21.3 Å². The van der Waals surface area contributed by atoms with Crippen LogP contribution in [0.25, 0.3) is 0 Å². The maximum atomic E-state index is 10.1. The highest BCUT2D eigenvalue weighted by molar-refractivity contribution is 9.10. The van der Waals surface area contributed by atoms with Gasteiger partial charge in [0.05, 0.1) is 6.10 Å². The van der Waals surface area contributed by atoms with E-state index in [-0.39, 0.29) is 0 Å². The van der Waals surface area contributed by atoms with E-state index >= 15 is 0 Å². The zero-order valence-corrected chi connectivity index (χ0v) is 12.9. The van der Waals surface area contributed by atoms with E-state index in [1.165, 1.54) is 0 Å². The summed E-state index contributed by atoms with van der Waals surface area (Å²) in [6.45, 7) is 2.49. The summed E-state index contributed by atoms with van der Waals surface area (Å²) < 4.78 is 1.02. The van der Waals surface area contributed by atoms with Crippen LogP contribution >= 0.6 is 27.5 Å². The number of nitrogens with one attached hydrogen (secondary N) is 1. The molecule has 0 amide bonds. The summed E-state index contributed by atoms with van der Waals surface area (Å²) in [6, 6.07) is 13.3. The fraction of sp³-hybridized carbons (Fsp3) is 0.200. The number of aryl methyl sites for hydroxylation is 1. The van der Waals surface area contributed by atoms with E-state index in [4.69, 9.17) is 11.6 Å². The van der Waals surface area contributed by atoms with Crippen LogP contribution in [-0.4, -0.2) is 11.7 Å². The largest absolute Gasteiger partial charge is 0.387 e. The molecule has 100 valence electrons. The molecular weight excluding hydrogens is 326 g/mol. The van der Waals surface area contributed by atoms with Crippen LogP contribution in [0.3, 0.4) is 0 Å². The predicted octanol–water partition coefficient (Wildman–Crippen LogP) is 4.56. The molecule has 2 aromatic carbocycles. The molecule has 0 heterocycles. The Labute approximate surface area is 126 Å². The molecule has 2 aromatic rings. The van der Waals surface area contributed by atoms with Crippen LogP contribution in [0.5, 0.6) is 0 Å². The molecule has 19 heavy (non-hydrogen) atoms. The Kier molecular flexibility index (Phi) is 4.86. The van der Waals surface area contributed by atoms with Crippen LogP contribution in [0.15, 0.2) is 46.9 Å². The van der Waals surface area contributed by atoms with Gasteiger partial charge < -0.3 is 10.4 Å². The third kappa shape index (κ3) is 3.96. The van der Waals surface area contributed by atoms with Crippen molar-refractivity contribution in [1.29, 1.82) is 0 Å². The van der Waals surface area contributed by atoms with Gasteiger partial charge in [-0.05, 0) is 42.3 Å². The first kappa shape index (κ1) is 14.4. The molecule has 0 aliphatic heterocycles. The van der Waals surface area contributed by atoms with Crippen molar-refractivity contribution in [2.24, 2.45) is 0 Å². The Morgan fingerprint density at radius 1 is 1.21 bits per heavy atom. The predicted molar refractivity (Wildman–Crippen MR) is 83.8 cm³/mol. The molecule has 0 bridgehead atoms. The van der Waals surface area contributed by atoms with Crippen molar-refractivity contribution in [2.45, 2.75) is 13.0 Å². The Hall–Kier alpha value is -1.03. The molecule has 1 unspecified atom stereocenters. The zero-order chi connectivity index (χ0) is 13.8. The fourth-order valence-corrected chi connectivity index (χ4v) is 2.28. The van der Waals surface area contributed by atoms with Crippen LogP contribution in [0, 0.1) is 6.92 Å². The van der Waals surface area contributed by atoms with Crippen LogP contribution in [0.2, 0.25) is 5.02 Å². The highest BCUT2D eigenvalue weighted by atomic mass is 79.9. The summed E-state index contributed by atoms with van der Waals surface area (Å²) in [7, 11) is 0. The van der Waals surface area contributed by atoms with Crippen molar-refractivity contribution in [3.05, 3.63) is 63.1 Å². The molecule has 2 rings (SSSR count). The van der Waals surface area contributed by atoms with Crippen LogP contribution < -0.4 is 5.32 Å². The summed E-state index contributed by atoms with van der Waals surface area (Å²) in [5.41, 5.74) is 3.01. The van der Waals surface area contributed by atoms with Gasteiger partial charge in [0.2, 0.25) is 0 Å². The Balaban J connectivity index is 2.02. The van der Waals surface area contributed by atoms with Gasteiger partial charge in [-0.1, -0.05) is 45.7 Å².